The average Bonchev–Trinajstić information content (AvgIpc) is 2.43. The van der Waals surface area contributed by atoms with Crippen molar-refractivity contribution in [1.82, 2.24) is 10.2 Å². The molecule has 1 atom stereocenters. The predicted octanol–water partition coefficient (Wildman–Crippen LogP) is 2.44. The number of carbonyl (C=O) groups excluding carboxylic acids is 2. The molecule has 4 heteroatoms. The Balaban J connectivity index is 2.41. The van der Waals surface area contributed by atoms with Crippen LogP contribution in [-0.4, -0.2) is 28.8 Å². The van der Waals surface area contributed by atoms with Gasteiger partial charge in [0, 0.05) is 5.54 Å². The maximum Gasteiger partial charge on any atom is 0.253 e. The molecular formula is C17H24N2O2. The van der Waals surface area contributed by atoms with Crippen molar-refractivity contribution in [2.24, 2.45) is 0 Å². The summed E-state index contributed by atoms with van der Waals surface area (Å²) in [5.74, 6) is -0.142. The van der Waals surface area contributed by atoms with Gasteiger partial charge in [0.05, 0.1) is 0 Å². The molecule has 0 aromatic heterocycles. The summed E-state index contributed by atoms with van der Waals surface area (Å²) in [6, 6.07) is 9.44. The van der Waals surface area contributed by atoms with Gasteiger partial charge in [0.2, 0.25) is 5.91 Å². The minimum atomic E-state index is -0.985. The summed E-state index contributed by atoms with van der Waals surface area (Å²) < 4.78 is 0. The number of nitrogens with zero attached hydrogens (tertiary/aromatic N) is 1. The van der Waals surface area contributed by atoms with E-state index in [0.29, 0.717) is 0 Å². The molecule has 0 spiro atoms. The van der Waals surface area contributed by atoms with Gasteiger partial charge in [-0.15, -0.1) is 0 Å². The van der Waals surface area contributed by atoms with Crippen molar-refractivity contribution in [1.29, 1.82) is 0 Å². The van der Waals surface area contributed by atoms with Crippen molar-refractivity contribution >= 4 is 11.8 Å². The molecule has 2 rings (SSSR count). The molecule has 4 nitrogen and oxygen atoms in total. The average molecular weight is 288 g/mol. The second kappa shape index (κ2) is 5.51. The highest BCUT2D eigenvalue weighted by molar-refractivity contribution is 5.98. The van der Waals surface area contributed by atoms with Crippen molar-refractivity contribution in [2.45, 2.75) is 51.6 Å². The Labute approximate surface area is 126 Å². The topological polar surface area (TPSA) is 49.4 Å². The van der Waals surface area contributed by atoms with E-state index in [-0.39, 0.29) is 23.9 Å². The zero-order valence-electron chi connectivity index (χ0n) is 13.3. The molecule has 1 unspecified atom stereocenters. The summed E-state index contributed by atoms with van der Waals surface area (Å²) in [6.07, 6.45) is 1.84. The molecule has 1 aliphatic rings. The van der Waals surface area contributed by atoms with E-state index < -0.39 is 5.54 Å². The van der Waals surface area contributed by atoms with Crippen LogP contribution in [0, 0.1) is 0 Å². The molecule has 1 heterocycles. The Morgan fingerprint density at radius 1 is 1.24 bits per heavy atom. The number of amides is 2. The molecule has 1 fully saturated rings. The van der Waals surface area contributed by atoms with Crippen molar-refractivity contribution in [3.63, 3.8) is 0 Å². The lowest BCUT2D eigenvalue weighted by Crippen LogP contribution is -2.67. The van der Waals surface area contributed by atoms with Crippen molar-refractivity contribution in [2.75, 3.05) is 6.54 Å². The summed E-state index contributed by atoms with van der Waals surface area (Å²) in [5, 5.41) is 2.87. The molecule has 1 N–H and O–H groups in total. The minimum Gasteiger partial charge on any atom is -0.337 e. The molecule has 0 bridgehead atoms. The van der Waals surface area contributed by atoms with Gasteiger partial charge in [0.15, 0.2) is 0 Å². The van der Waals surface area contributed by atoms with E-state index in [1.54, 1.807) is 11.8 Å². The van der Waals surface area contributed by atoms with E-state index in [1.807, 2.05) is 44.2 Å². The van der Waals surface area contributed by atoms with Crippen molar-refractivity contribution in [3.05, 3.63) is 35.9 Å². The highest BCUT2D eigenvalue weighted by Crippen LogP contribution is 2.31. The first-order valence-electron chi connectivity index (χ1n) is 7.50. The summed E-state index contributed by atoms with van der Waals surface area (Å²) in [4.78, 5) is 26.9. The highest BCUT2D eigenvalue weighted by atomic mass is 16.2. The van der Waals surface area contributed by atoms with E-state index in [9.17, 15) is 9.59 Å². The van der Waals surface area contributed by atoms with Crippen LogP contribution < -0.4 is 5.32 Å². The van der Waals surface area contributed by atoms with Crippen LogP contribution in [0.2, 0.25) is 0 Å². The fraction of sp³-hybridized carbons (Fsp3) is 0.529. The van der Waals surface area contributed by atoms with Crippen molar-refractivity contribution in [3.8, 4) is 0 Å². The lowest BCUT2D eigenvalue weighted by atomic mass is 9.85. The van der Waals surface area contributed by atoms with Gasteiger partial charge in [-0.25, -0.2) is 0 Å². The molecule has 21 heavy (non-hydrogen) atoms. The quantitative estimate of drug-likeness (QED) is 0.925. The van der Waals surface area contributed by atoms with Gasteiger partial charge in [0.1, 0.15) is 12.1 Å². The Hall–Kier alpha value is -1.84. The maximum absolute atomic E-state index is 13.0. The zero-order chi connectivity index (χ0) is 15.7. The van der Waals surface area contributed by atoms with E-state index >= 15 is 0 Å². The van der Waals surface area contributed by atoms with E-state index in [1.165, 1.54) is 0 Å². The number of carbonyl (C=O) groups is 2. The number of hydrogen-bond donors (Lipinski definition) is 1. The monoisotopic (exact) mass is 288 g/mol. The van der Waals surface area contributed by atoms with Gasteiger partial charge in [0.25, 0.3) is 5.91 Å². The Morgan fingerprint density at radius 3 is 2.43 bits per heavy atom. The van der Waals surface area contributed by atoms with Crippen LogP contribution in [0.25, 0.3) is 0 Å². The fourth-order valence-corrected chi connectivity index (χ4v) is 3.06. The third-order valence-electron chi connectivity index (χ3n) is 4.31. The predicted molar refractivity (Wildman–Crippen MR) is 82.6 cm³/mol. The van der Waals surface area contributed by atoms with E-state index in [4.69, 9.17) is 0 Å². The first-order chi connectivity index (χ1) is 9.81. The van der Waals surface area contributed by atoms with Gasteiger partial charge in [-0.2, -0.15) is 0 Å². The standard InChI is InChI=1S/C17H24N2O2/c1-5-11-16(2,3)19-12-14(20)18-17(4,15(19)21)13-9-7-6-8-10-13/h6-10H,5,11-12H2,1-4H3,(H,18,20). The molecule has 114 valence electrons. The SMILES string of the molecule is CCCC(C)(C)N1CC(=O)NC(C)(c2ccccc2)C1=O. The van der Waals surface area contributed by atoms with E-state index in [2.05, 4.69) is 12.2 Å². The molecule has 0 radical (unpaired) electrons. The summed E-state index contributed by atoms with van der Waals surface area (Å²) in [7, 11) is 0. The lowest BCUT2D eigenvalue weighted by molar-refractivity contribution is -0.155. The van der Waals surface area contributed by atoms with Crippen LogP contribution in [0.4, 0.5) is 0 Å². The normalized spacial score (nSPS) is 23.1. The molecular weight excluding hydrogens is 264 g/mol. The molecule has 1 aromatic carbocycles. The molecule has 1 aromatic rings. The lowest BCUT2D eigenvalue weighted by Gasteiger charge is -2.47. The fourth-order valence-electron chi connectivity index (χ4n) is 3.06. The van der Waals surface area contributed by atoms with Gasteiger partial charge < -0.3 is 10.2 Å². The second-order valence-electron chi connectivity index (χ2n) is 6.49. The van der Waals surface area contributed by atoms with Gasteiger partial charge in [-0.05, 0) is 32.8 Å². The molecule has 0 aliphatic carbocycles. The molecule has 2 amide bonds. The number of piperazine rings is 1. The van der Waals surface area contributed by atoms with Crippen LogP contribution in [0.15, 0.2) is 30.3 Å². The molecule has 1 saturated heterocycles. The smallest absolute Gasteiger partial charge is 0.253 e. The molecule has 0 saturated carbocycles. The van der Waals surface area contributed by atoms with Crippen LogP contribution in [0.1, 0.15) is 46.1 Å². The summed E-state index contributed by atoms with van der Waals surface area (Å²) in [5.41, 5.74) is -0.485. The second-order valence-corrected chi connectivity index (χ2v) is 6.49. The summed E-state index contributed by atoms with van der Waals surface area (Å²) in [6.45, 7) is 8.06. The van der Waals surface area contributed by atoms with E-state index in [0.717, 1.165) is 18.4 Å². The third kappa shape index (κ3) is 2.80. The Kier molecular flexibility index (Phi) is 4.08. The van der Waals surface area contributed by atoms with Crippen LogP contribution in [0.3, 0.4) is 0 Å². The number of rotatable bonds is 4. The van der Waals surface area contributed by atoms with Gasteiger partial charge in [-0.1, -0.05) is 43.7 Å². The Bertz CT molecular complexity index is 539. The number of benzene rings is 1. The van der Waals surface area contributed by atoms with Crippen LogP contribution in [0.5, 0.6) is 0 Å². The summed E-state index contributed by atoms with van der Waals surface area (Å²) >= 11 is 0. The van der Waals surface area contributed by atoms with Crippen LogP contribution >= 0.6 is 0 Å². The van der Waals surface area contributed by atoms with Gasteiger partial charge >= 0.3 is 0 Å². The first-order valence-corrected chi connectivity index (χ1v) is 7.50. The number of nitrogens with one attached hydrogen (secondary N) is 1. The minimum absolute atomic E-state index is 0.0354. The highest BCUT2D eigenvalue weighted by Gasteiger charge is 2.48. The van der Waals surface area contributed by atoms with Gasteiger partial charge in [-0.3, -0.25) is 9.59 Å². The third-order valence-corrected chi connectivity index (χ3v) is 4.31. The zero-order valence-corrected chi connectivity index (χ0v) is 13.3. The Morgan fingerprint density at radius 2 is 1.86 bits per heavy atom. The maximum atomic E-state index is 13.0. The van der Waals surface area contributed by atoms with Crippen molar-refractivity contribution < 1.29 is 9.59 Å². The van der Waals surface area contributed by atoms with Crippen LogP contribution in [-0.2, 0) is 15.1 Å². The first kappa shape index (κ1) is 15.5. The number of hydrogen-bond acceptors (Lipinski definition) is 2. The molecule has 1 aliphatic heterocycles. The largest absolute Gasteiger partial charge is 0.337 e.